The Morgan fingerprint density at radius 1 is 1.31 bits per heavy atom. The van der Waals surface area contributed by atoms with E-state index in [4.69, 9.17) is 0 Å². The summed E-state index contributed by atoms with van der Waals surface area (Å²) in [5.74, 6) is -0.947. The van der Waals surface area contributed by atoms with Gasteiger partial charge in [0.05, 0.1) is 18.0 Å². The lowest BCUT2D eigenvalue weighted by molar-refractivity contribution is -0.274. The van der Waals surface area contributed by atoms with Crippen molar-refractivity contribution >= 4 is 23.8 Å². The van der Waals surface area contributed by atoms with E-state index in [0.29, 0.717) is 5.69 Å². The van der Waals surface area contributed by atoms with E-state index in [0.717, 1.165) is 28.8 Å². The van der Waals surface area contributed by atoms with Gasteiger partial charge in [-0.05, 0) is 34.7 Å². The number of hydrogen-bond donors (Lipinski definition) is 0. The van der Waals surface area contributed by atoms with E-state index in [1.54, 1.807) is 0 Å². The highest BCUT2D eigenvalue weighted by Crippen LogP contribution is 2.25. The lowest BCUT2D eigenvalue weighted by Gasteiger charge is -2.10. The van der Waals surface area contributed by atoms with E-state index in [1.165, 1.54) is 16.8 Å². The van der Waals surface area contributed by atoms with E-state index in [9.17, 15) is 22.8 Å². The molecule has 0 saturated carbocycles. The van der Waals surface area contributed by atoms with Gasteiger partial charge in [-0.3, -0.25) is 4.79 Å². The molecule has 0 radical (unpaired) electrons. The molecule has 26 heavy (non-hydrogen) atoms. The summed E-state index contributed by atoms with van der Waals surface area (Å²) in [5.41, 5.74) is 0.375. The third kappa shape index (κ3) is 4.22. The van der Waals surface area contributed by atoms with Crippen LogP contribution in [0.2, 0.25) is 0 Å². The molecule has 2 heterocycles. The van der Waals surface area contributed by atoms with Gasteiger partial charge in [-0.1, -0.05) is 11.8 Å². The number of carbonyl (C=O) groups is 2. The first kappa shape index (κ1) is 18.0. The Labute approximate surface area is 148 Å². The molecule has 1 aliphatic heterocycles. The zero-order chi connectivity index (χ0) is 18.7. The number of nitrogens with zero attached hydrogens (tertiary/aromatic N) is 5. The number of hydrogen-bond acceptors (Lipinski definition) is 8. The maximum atomic E-state index is 12.2. The van der Waals surface area contributed by atoms with Crippen LogP contribution < -0.4 is 4.74 Å². The zero-order valence-electron chi connectivity index (χ0n) is 12.8. The predicted molar refractivity (Wildman–Crippen MR) is 79.6 cm³/mol. The van der Waals surface area contributed by atoms with Crippen molar-refractivity contribution in [2.24, 2.45) is 0 Å². The fourth-order valence-electron chi connectivity index (χ4n) is 2.04. The number of rotatable bonds is 5. The first-order chi connectivity index (χ1) is 12.3. The number of halogens is 3. The van der Waals surface area contributed by atoms with Crippen molar-refractivity contribution in [1.82, 2.24) is 25.1 Å². The second-order valence-electron chi connectivity index (χ2n) is 4.86. The van der Waals surface area contributed by atoms with Crippen molar-refractivity contribution in [3.05, 3.63) is 24.3 Å². The van der Waals surface area contributed by atoms with Gasteiger partial charge < -0.3 is 9.47 Å². The normalized spacial score (nSPS) is 14.4. The molecule has 1 fully saturated rings. The summed E-state index contributed by atoms with van der Waals surface area (Å²) in [6.45, 7) is 0.336. The molecule has 138 valence electrons. The number of ether oxygens (including phenoxy) is 2. The Morgan fingerprint density at radius 3 is 2.65 bits per heavy atom. The molecule has 3 rings (SSSR count). The Kier molecular flexibility index (Phi) is 4.97. The predicted octanol–water partition coefficient (Wildman–Crippen LogP) is 1.63. The van der Waals surface area contributed by atoms with Gasteiger partial charge in [0.15, 0.2) is 0 Å². The van der Waals surface area contributed by atoms with Gasteiger partial charge >= 0.3 is 12.5 Å². The Bertz CT molecular complexity index is 811. The lowest BCUT2D eigenvalue weighted by Crippen LogP contribution is -2.33. The highest BCUT2D eigenvalue weighted by Gasteiger charge is 2.31. The number of thioether (sulfide) groups is 1. The van der Waals surface area contributed by atoms with Crippen LogP contribution in [0.1, 0.15) is 0 Å². The van der Waals surface area contributed by atoms with Crippen LogP contribution >= 0.6 is 11.8 Å². The standard InChI is InChI=1S/C13H10F3N5O4S/c14-13(15,16)25-9-3-1-8(2-4-9)21-11(17-18-19-21)26-7-10(22)20-5-6-24-12(20)23/h1-4H,5-7H2. The molecule has 0 aliphatic carbocycles. The van der Waals surface area contributed by atoms with Gasteiger partial charge in [-0.2, -0.15) is 4.68 Å². The number of cyclic esters (lactones) is 1. The summed E-state index contributed by atoms with van der Waals surface area (Å²) >= 11 is 0.976. The van der Waals surface area contributed by atoms with Crippen molar-refractivity contribution in [2.45, 2.75) is 11.5 Å². The molecule has 0 bridgehead atoms. The van der Waals surface area contributed by atoms with Crippen LogP contribution in [-0.2, 0) is 9.53 Å². The van der Waals surface area contributed by atoms with Crippen molar-refractivity contribution in [3.63, 3.8) is 0 Å². The van der Waals surface area contributed by atoms with E-state index in [-0.39, 0.29) is 29.8 Å². The Morgan fingerprint density at radius 2 is 2.04 bits per heavy atom. The van der Waals surface area contributed by atoms with E-state index < -0.39 is 18.4 Å². The molecule has 2 aromatic rings. The van der Waals surface area contributed by atoms with Crippen LogP contribution in [0.5, 0.6) is 5.75 Å². The highest BCUT2D eigenvalue weighted by atomic mass is 32.2. The zero-order valence-corrected chi connectivity index (χ0v) is 13.7. The maximum Gasteiger partial charge on any atom is 0.573 e. The Hall–Kier alpha value is -2.83. The minimum absolute atomic E-state index is 0.106. The molecule has 1 aromatic heterocycles. The molecule has 1 saturated heterocycles. The third-order valence-corrected chi connectivity index (χ3v) is 4.05. The van der Waals surface area contributed by atoms with Crippen LogP contribution in [0.25, 0.3) is 5.69 Å². The van der Waals surface area contributed by atoms with Crippen molar-refractivity contribution in [2.75, 3.05) is 18.9 Å². The van der Waals surface area contributed by atoms with Crippen molar-refractivity contribution in [1.29, 1.82) is 0 Å². The summed E-state index contributed by atoms with van der Waals surface area (Å²) in [4.78, 5) is 24.3. The van der Waals surface area contributed by atoms with Crippen LogP contribution in [0.15, 0.2) is 29.4 Å². The van der Waals surface area contributed by atoms with Gasteiger partial charge in [0, 0.05) is 0 Å². The van der Waals surface area contributed by atoms with Crippen LogP contribution in [0.3, 0.4) is 0 Å². The molecular weight excluding hydrogens is 379 g/mol. The number of alkyl halides is 3. The number of imide groups is 1. The summed E-state index contributed by atoms with van der Waals surface area (Å²) in [5, 5.41) is 11.2. The van der Waals surface area contributed by atoms with Gasteiger partial charge in [0.25, 0.3) is 0 Å². The fraction of sp³-hybridized carbons (Fsp3) is 0.308. The van der Waals surface area contributed by atoms with Crippen molar-refractivity contribution < 1.29 is 32.2 Å². The monoisotopic (exact) mass is 389 g/mol. The first-order valence-electron chi connectivity index (χ1n) is 7.08. The molecule has 0 unspecified atom stereocenters. The van der Waals surface area contributed by atoms with Crippen molar-refractivity contribution in [3.8, 4) is 11.4 Å². The summed E-state index contributed by atoms with van der Waals surface area (Å²) in [6.07, 6.45) is -5.48. The number of benzene rings is 1. The number of amides is 2. The van der Waals surface area contributed by atoms with Gasteiger partial charge in [-0.15, -0.1) is 18.3 Å². The second-order valence-corrected chi connectivity index (χ2v) is 5.81. The van der Waals surface area contributed by atoms with Gasteiger partial charge in [-0.25, -0.2) is 9.69 Å². The molecule has 2 amide bonds. The average molecular weight is 389 g/mol. The van der Waals surface area contributed by atoms with E-state index >= 15 is 0 Å². The highest BCUT2D eigenvalue weighted by molar-refractivity contribution is 7.99. The molecule has 1 aliphatic rings. The third-order valence-electron chi connectivity index (χ3n) is 3.14. The topological polar surface area (TPSA) is 99.4 Å². The minimum Gasteiger partial charge on any atom is -0.447 e. The quantitative estimate of drug-likeness (QED) is 0.712. The molecule has 9 nitrogen and oxygen atoms in total. The first-order valence-corrected chi connectivity index (χ1v) is 8.06. The summed E-state index contributed by atoms with van der Waals surface area (Å²) < 4.78 is 46.3. The Balaban J connectivity index is 1.66. The smallest absolute Gasteiger partial charge is 0.447 e. The number of aromatic nitrogens is 4. The average Bonchev–Trinajstić information content (AvgIpc) is 3.20. The molecule has 0 N–H and O–H groups in total. The molecule has 0 spiro atoms. The largest absolute Gasteiger partial charge is 0.573 e. The van der Waals surface area contributed by atoms with E-state index in [1.807, 2.05) is 0 Å². The number of carbonyl (C=O) groups excluding carboxylic acids is 2. The summed E-state index contributed by atoms with van der Waals surface area (Å²) in [7, 11) is 0. The van der Waals surface area contributed by atoms with Crippen LogP contribution in [0.4, 0.5) is 18.0 Å². The fourth-order valence-corrected chi connectivity index (χ4v) is 2.81. The molecule has 13 heteroatoms. The maximum absolute atomic E-state index is 12.2. The van der Waals surface area contributed by atoms with E-state index in [2.05, 4.69) is 25.0 Å². The van der Waals surface area contributed by atoms with Gasteiger partial charge in [0.1, 0.15) is 12.4 Å². The SMILES string of the molecule is O=C(CSc1nnnn1-c1ccc(OC(F)(F)F)cc1)N1CCOC1=O. The van der Waals surface area contributed by atoms with Crippen LogP contribution in [0, 0.1) is 0 Å². The van der Waals surface area contributed by atoms with Gasteiger partial charge in [0.2, 0.25) is 11.1 Å². The number of tetrazole rings is 1. The summed E-state index contributed by atoms with van der Waals surface area (Å²) in [6, 6.07) is 4.90. The molecule has 0 atom stereocenters. The second kappa shape index (κ2) is 7.19. The van der Waals surface area contributed by atoms with Crippen LogP contribution in [-0.4, -0.2) is 62.4 Å². The minimum atomic E-state index is -4.78. The lowest BCUT2D eigenvalue weighted by atomic mass is 10.3. The molecular formula is C13H10F3N5O4S. The molecule has 1 aromatic carbocycles.